The first kappa shape index (κ1) is 12.2. The summed E-state index contributed by atoms with van der Waals surface area (Å²) in [6.07, 6.45) is 0. The van der Waals surface area contributed by atoms with Crippen LogP contribution in [0.3, 0.4) is 0 Å². The molecular weight excluding hydrogens is 358 g/mol. The molecule has 2 aromatic rings. The Morgan fingerprint density at radius 2 is 2.24 bits per heavy atom. The van der Waals surface area contributed by atoms with Gasteiger partial charge in [0.1, 0.15) is 5.82 Å². The van der Waals surface area contributed by atoms with Crippen molar-refractivity contribution < 1.29 is 9.18 Å². The molecular formula is C9H6FIN4OS. The van der Waals surface area contributed by atoms with Gasteiger partial charge in [0.15, 0.2) is 0 Å². The largest absolute Gasteiger partial charge is 0.374 e. The molecule has 0 bridgehead atoms. The summed E-state index contributed by atoms with van der Waals surface area (Å²) in [7, 11) is 0. The van der Waals surface area contributed by atoms with Gasteiger partial charge in [0, 0.05) is 3.57 Å². The molecule has 1 amide bonds. The zero-order valence-electron chi connectivity index (χ0n) is 8.28. The van der Waals surface area contributed by atoms with Crippen LogP contribution in [-0.4, -0.2) is 16.1 Å². The maximum Gasteiger partial charge on any atom is 0.258 e. The van der Waals surface area contributed by atoms with Crippen LogP contribution in [0.4, 0.5) is 14.7 Å². The van der Waals surface area contributed by atoms with Crippen molar-refractivity contribution in [1.82, 2.24) is 10.2 Å². The van der Waals surface area contributed by atoms with Crippen LogP contribution in [0.5, 0.6) is 0 Å². The number of amides is 1. The summed E-state index contributed by atoms with van der Waals surface area (Å²) in [6, 6.07) is 3.92. The van der Waals surface area contributed by atoms with E-state index in [1.54, 1.807) is 0 Å². The Bertz CT molecular complexity index is 574. The van der Waals surface area contributed by atoms with E-state index >= 15 is 0 Å². The van der Waals surface area contributed by atoms with Crippen molar-refractivity contribution in [1.29, 1.82) is 0 Å². The number of nitrogens with zero attached hydrogens (tertiary/aromatic N) is 2. The Kier molecular flexibility index (Phi) is 3.52. The molecule has 0 saturated carbocycles. The summed E-state index contributed by atoms with van der Waals surface area (Å²) in [5.74, 6) is -0.753. The topological polar surface area (TPSA) is 80.9 Å². The predicted molar refractivity (Wildman–Crippen MR) is 71.4 cm³/mol. The van der Waals surface area contributed by atoms with Crippen molar-refractivity contribution in [3.8, 4) is 0 Å². The van der Waals surface area contributed by atoms with Gasteiger partial charge in [-0.25, -0.2) is 4.39 Å². The lowest BCUT2D eigenvalue weighted by atomic mass is 10.2. The van der Waals surface area contributed by atoms with Crippen LogP contribution in [-0.2, 0) is 0 Å². The lowest BCUT2D eigenvalue weighted by molar-refractivity contribution is 0.102. The van der Waals surface area contributed by atoms with Crippen LogP contribution in [0.1, 0.15) is 10.4 Å². The lowest BCUT2D eigenvalue weighted by Gasteiger charge is -2.03. The second-order valence-corrected chi connectivity index (χ2v) is 5.20. The van der Waals surface area contributed by atoms with Crippen LogP contribution in [0.25, 0.3) is 0 Å². The van der Waals surface area contributed by atoms with Gasteiger partial charge in [-0.3, -0.25) is 10.1 Å². The Balaban J connectivity index is 2.20. The van der Waals surface area contributed by atoms with Crippen molar-refractivity contribution in [2.75, 3.05) is 11.1 Å². The number of nitrogens with one attached hydrogen (secondary N) is 1. The van der Waals surface area contributed by atoms with Gasteiger partial charge in [0.25, 0.3) is 5.91 Å². The maximum absolute atomic E-state index is 12.9. The van der Waals surface area contributed by atoms with E-state index in [1.807, 2.05) is 22.6 Å². The first-order chi connectivity index (χ1) is 8.06. The summed E-state index contributed by atoms with van der Waals surface area (Å²) in [5, 5.41) is 10.4. The highest BCUT2D eigenvalue weighted by Crippen LogP contribution is 2.19. The number of carbonyl (C=O) groups excluding carboxylic acids is 1. The zero-order chi connectivity index (χ0) is 12.4. The normalized spacial score (nSPS) is 10.2. The standard InChI is InChI=1S/C9H6FIN4OS/c10-4-1-2-5(6(11)3-4)7(16)13-9-15-14-8(12)17-9/h1-3H,(H2,12,14)(H,13,15,16). The van der Waals surface area contributed by atoms with Crippen LogP contribution < -0.4 is 11.1 Å². The van der Waals surface area contributed by atoms with E-state index in [0.717, 1.165) is 11.3 Å². The van der Waals surface area contributed by atoms with Gasteiger partial charge in [-0.1, -0.05) is 11.3 Å². The molecule has 0 aliphatic rings. The number of benzene rings is 1. The lowest BCUT2D eigenvalue weighted by Crippen LogP contribution is -2.13. The quantitative estimate of drug-likeness (QED) is 0.800. The smallest absolute Gasteiger partial charge is 0.258 e. The van der Waals surface area contributed by atoms with Gasteiger partial charge in [0.2, 0.25) is 10.3 Å². The maximum atomic E-state index is 12.9. The van der Waals surface area contributed by atoms with Gasteiger partial charge in [0.05, 0.1) is 5.56 Å². The van der Waals surface area contributed by atoms with Gasteiger partial charge >= 0.3 is 0 Å². The van der Waals surface area contributed by atoms with E-state index < -0.39 is 0 Å². The zero-order valence-corrected chi connectivity index (χ0v) is 11.3. The molecule has 0 aliphatic carbocycles. The molecule has 5 nitrogen and oxygen atoms in total. The monoisotopic (exact) mass is 364 g/mol. The fraction of sp³-hybridized carbons (Fsp3) is 0. The van der Waals surface area contributed by atoms with Crippen molar-refractivity contribution >= 4 is 50.1 Å². The van der Waals surface area contributed by atoms with Gasteiger partial charge in [-0.05, 0) is 40.8 Å². The molecule has 0 saturated heterocycles. The molecule has 8 heteroatoms. The number of nitrogens with two attached hydrogens (primary N) is 1. The highest BCUT2D eigenvalue weighted by Gasteiger charge is 2.12. The van der Waals surface area contributed by atoms with E-state index in [9.17, 15) is 9.18 Å². The summed E-state index contributed by atoms with van der Waals surface area (Å²) in [4.78, 5) is 11.8. The van der Waals surface area contributed by atoms with Crippen molar-refractivity contribution in [2.45, 2.75) is 0 Å². The minimum Gasteiger partial charge on any atom is -0.374 e. The first-order valence-electron chi connectivity index (χ1n) is 4.41. The summed E-state index contributed by atoms with van der Waals surface area (Å²) < 4.78 is 13.4. The van der Waals surface area contributed by atoms with E-state index in [0.29, 0.717) is 14.3 Å². The molecule has 0 atom stereocenters. The van der Waals surface area contributed by atoms with E-state index in [1.165, 1.54) is 18.2 Å². The van der Waals surface area contributed by atoms with Crippen LogP contribution >= 0.6 is 33.9 Å². The van der Waals surface area contributed by atoms with Gasteiger partial charge < -0.3 is 5.73 Å². The van der Waals surface area contributed by atoms with Crippen LogP contribution in [0.2, 0.25) is 0 Å². The fourth-order valence-electron chi connectivity index (χ4n) is 1.12. The van der Waals surface area contributed by atoms with Crippen molar-refractivity contribution in [3.05, 3.63) is 33.1 Å². The van der Waals surface area contributed by atoms with E-state index in [-0.39, 0.29) is 16.9 Å². The Morgan fingerprint density at radius 1 is 1.47 bits per heavy atom. The average molecular weight is 364 g/mol. The highest BCUT2D eigenvalue weighted by atomic mass is 127. The summed E-state index contributed by atoms with van der Waals surface area (Å²) in [5.41, 5.74) is 5.76. The van der Waals surface area contributed by atoms with Crippen molar-refractivity contribution in [3.63, 3.8) is 0 Å². The van der Waals surface area contributed by atoms with E-state index in [2.05, 4.69) is 15.5 Å². The van der Waals surface area contributed by atoms with Gasteiger partial charge in [-0.15, -0.1) is 10.2 Å². The average Bonchev–Trinajstić information content (AvgIpc) is 2.63. The van der Waals surface area contributed by atoms with E-state index in [4.69, 9.17) is 5.73 Å². The number of nitrogen functional groups attached to an aromatic ring is 1. The SMILES string of the molecule is Nc1nnc(NC(=O)c2ccc(F)cc2I)s1. The second kappa shape index (κ2) is 4.92. The number of rotatable bonds is 2. The molecule has 0 fully saturated rings. The minimum atomic E-state index is -0.383. The third-order valence-electron chi connectivity index (χ3n) is 1.84. The van der Waals surface area contributed by atoms with Crippen molar-refractivity contribution in [2.24, 2.45) is 0 Å². The molecule has 17 heavy (non-hydrogen) atoms. The Labute approximate surface area is 113 Å². The number of halogens is 2. The number of anilines is 2. The molecule has 1 aromatic heterocycles. The molecule has 1 heterocycles. The molecule has 0 aliphatic heterocycles. The number of hydrogen-bond acceptors (Lipinski definition) is 5. The molecule has 2 rings (SSSR count). The third-order valence-corrected chi connectivity index (χ3v) is 3.40. The second-order valence-electron chi connectivity index (χ2n) is 3.02. The minimum absolute atomic E-state index is 0.272. The summed E-state index contributed by atoms with van der Waals surface area (Å²) >= 11 is 2.96. The highest BCUT2D eigenvalue weighted by molar-refractivity contribution is 14.1. The van der Waals surface area contributed by atoms with Crippen LogP contribution in [0.15, 0.2) is 18.2 Å². The number of hydrogen-bond donors (Lipinski definition) is 2. The van der Waals surface area contributed by atoms with Crippen LogP contribution in [0, 0.1) is 9.39 Å². The molecule has 0 unspecified atom stereocenters. The fourth-order valence-corrected chi connectivity index (χ4v) is 2.35. The molecule has 3 N–H and O–H groups in total. The summed E-state index contributed by atoms with van der Waals surface area (Å²) in [6.45, 7) is 0. The predicted octanol–water partition coefficient (Wildman–Crippen LogP) is 2.12. The number of aromatic nitrogens is 2. The van der Waals surface area contributed by atoms with Gasteiger partial charge in [-0.2, -0.15) is 0 Å². The molecule has 88 valence electrons. The third kappa shape index (κ3) is 2.88. The Morgan fingerprint density at radius 3 is 2.82 bits per heavy atom. The molecule has 1 aromatic carbocycles. The number of carbonyl (C=O) groups is 1. The molecule has 0 radical (unpaired) electrons. The molecule has 0 spiro atoms. The first-order valence-corrected chi connectivity index (χ1v) is 6.31. The Hall–Kier alpha value is -1.29.